The Morgan fingerprint density at radius 2 is 2.17 bits per heavy atom. The first kappa shape index (κ1) is 21.2. The Hall–Kier alpha value is -0.880. The van der Waals surface area contributed by atoms with Crippen LogP contribution in [0.4, 0.5) is 10.1 Å². The number of anilines is 1. The van der Waals surface area contributed by atoms with Gasteiger partial charge in [-0.3, -0.25) is 9.69 Å². The maximum Gasteiger partial charge on any atom is 0.238 e. The molecule has 0 saturated carbocycles. The number of fused-ring (bicyclic) bond motifs is 1. The first-order chi connectivity index (χ1) is 10.6. The quantitative estimate of drug-likeness (QED) is 0.850. The molecule has 0 bridgehead atoms. The van der Waals surface area contributed by atoms with Crippen LogP contribution in [0.1, 0.15) is 24.8 Å². The number of carbonyl (C=O) groups excluding carboxylic acids is 1. The second-order valence-electron chi connectivity index (χ2n) is 6.50. The van der Waals surface area contributed by atoms with Gasteiger partial charge in [0.15, 0.2) is 0 Å². The molecule has 2 fully saturated rings. The summed E-state index contributed by atoms with van der Waals surface area (Å²) < 4.78 is 13.5. The predicted molar refractivity (Wildman–Crippen MR) is 99.8 cm³/mol. The Balaban J connectivity index is 0.00000144. The topological polar surface area (TPSA) is 44.4 Å². The van der Waals surface area contributed by atoms with E-state index in [0.717, 1.165) is 26.1 Å². The van der Waals surface area contributed by atoms with Crippen molar-refractivity contribution < 1.29 is 9.18 Å². The van der Waals surface area contributed by atoms with Crippen LogP contribution in [0.2, 0.25) is 0 Å². The standard InChI is InChI=1S/C17H24FN3O.2ClH/c1-12-4-5-14(9-15(12)18)20-17(22)11-21-8-6-16-13(10-21)3-2-7-19-16;;/h4-5,9,13,16,19H,2-3,6-8,10-11H2,1H3,(H,20,22);2*1H/t13-,16+;;/m1../s1. The molecule has 136 valence electrons. The predicted octanol–water partition coefficient (Wildman–Crippen LogP) is 2.99. The molecule has 0 aliphatic carbocycles. The summed E-state index contributed by atoms with van der Waals surface area (Å²) in [4.78, 5) is 14.4. The van der Waals surface area contributed by atoms with Crippen molar-refractivity contribution in [1.82, 2.24) is 10.2 Å². The molecule has 1 aromatic carbocycles. The van der Waals surface area contributed by atoms with Gasteiger partial charge in [-0.05, 0) is 56.3 Å². The molecule has 0 spiro atoms. The third kappa shape index (κ3) is 5.31. The van der Waals surface area contributed by atoms with Gasteiger partial charge in [-0.2, -0.15) is 0 Å². The number of carbonyl (C=O) groups is 1. The number of amides is 1. The number of hydrogen-bond acceptors (Lipinski definition) is 3. The minimum Gasteiger partial charge on any atom is -0.325 e. The molecule has 2 atom stereocenters. The lowest BCUT2D eigenvalue weighted by Crippen LogP contribution is -2.53. The van der Waals surface area contributed by atoms with E-state index in [4.69, 9.17) is 0 Å². The molecule has 0 unspecified atom stereocenters. The lowest BCUT2D eigenvalue weighted by Gasteiger charge is -2.41. The van der Waals surface area contributed by atoms with Crippen molar-refractivity contribution in [3.05, 3.63) is 29.6 Å². The van der Waals surface area contributed by atoms with Gasteiger partial charge in [0.1, 0.15) is 5.82 Å². The van der Waals surface area contributed by atoms with Crippen molar-refractivity contribution >= 4 is 36.4 Å². The van der Waals surface area contributed by atoms with Crippen LogP contribution in [0.5, 0.6) is 0 Å². The van der Waals surface area contributed by atoms with Crippen LogP contribution >= 0.6 is 24.8 Å². The minimum absolute atomic E-state index is 0. The van der Waals surface area contributed by atoms with E-state index in [0.29, 0.717) is 29.8 Å². The molecular formula is C17H26Cl2FN3O. The van der Waals surface area contributed by atoms with Crippen molar-refractivity contribution in [1.29, 1.82) is 0 Å². The fraction of sp³-hybridized carbons (Fsp3) is 0.588. The zero-order valence-corrected chi connectivity index (χ0v) is 15.5. The van der Waals surface area contributed by atoms with E-state index in [2.05, 4.69) is 15.5 Å². The molecule has 2 N–H and O–H groups in total. The number of hydrogen-bond donors (Lipinski definition) is 2. The van der Waals surface area contributed by atoms with Gasteiger partial charge >= 0.3 is 0 Å². The van der Waals surface area contributed by atoms with Crippen LogP contribution in [0.15, 0.2) is 18.2 Å². The molecule has 4 nitrogen and oxygen atoms in total. The van der Waals surface area contributed by atoms with Gasteiger partial charge in [-0.15, -0.1) is 24.8 Å². The molecule has 0 aromatic heterocycles. The fourth-order valence-electron chi connectivity index (χ4n) is 3.54. The van der Waals surface area contributed by atoms with Gasteiger partial charge in [0.2, 0.25) is 5.91 Å². The highest BCUT2D eigenvalue weighted by Gasteiger charge is 2.31. The Labute approximate surface area is 155 Å². The van der Waals surface area contributed by atoms with Gasteiger partial charge in [0.25, 0.3) is 0 Å². The maximum atomic E-state index is 13.5. The summed E-state index contributed by atoms with van der Waals surface area (Å²) in [6.45, 7) is 5.15. The summed E-state index contributed by atoms with van der Waals surface area (Å²) in [5, 5.41) is 6.37. The number of benzene rings is 1. The lowest BCUT2D eigenvalue weighted by molar-refractivity contribution is -0.117. The zero-order chi connectivity index (χ0) is 15.5. The van der Waals surface area contributed by atoms with Crippen LogP contribution in [0, 0.1) is 18.7 Å². The second-order valence-corrected chi connectivity index (χ2v) is 6.50. The average molecular weight is 378 g/mol. The summed E-state index contributed by atoms with van der Waals surface area (Å²) in [5.74, 6) is 0.310. The van der Waals surface area contributed by atoms with E-state index in [1.54, 1.807) is 19.1 Å². The largest absolute Gasteiger partial charge is 0.325 e. The molecule has 3 rings (SSSR count). The summed E-state index contributed by atoms with van der Waals surface area (Å²) in [7, 11) is 0. The fourth-order valence-corrected chi connectivity index (χ4v) is 3.54. The van der Waals surface area contributed by atoms with Crippen molar-refractivity contribution in [2.75, 3.05) is 31.5 Å². The molecule has 1 aromatic rings. The van der Waals surface area contributed by atoms with Crippen LogP contribution in [0.25, 0.3) is 0 Å². The van der Waals surface area contributed by atoms with Crippen LogP contribution < -0.4 is 10.6 Å². The van der Waals surface area contributed by atoms with Gasteiger partial charge in [0, 0.05) is 24.8 Å². The van der Waals surface area contributed by atoms with Gasteiger partial charge in [-0.25, -0.2) is 4.39 Å². The molecule has 2 heterocycles. The summed E-state index contributed by atoms with van der Waals surface area (Å²) in [6, 6.07) is 5.43. The highest BCUT2D eigenvalue weighted by molar-refractivity contribution is 5.92. The smallest absolute Gasteiger partial charge is 0.238 e. The van der Waals surface area contributed by atoms with E-state index < -0.39 is 0 Å². The number of nitrogens with one attached hydrogen (secondary N) is 2. The van der Waals surface area contributed by atoms with Gasteiger partial charge in [0.05, 0.1) is 6.54 Å². The molecular weight excluding hydrogens is 352 g/mol. The first-order valence-electron chi connectivity index (χ1n) is 8.13. The number of aryl methyl sites for hydroxylation is 1. The van der Waals surface area contributed by atoms with Crippen LogP contribution in [0.3, 0.4) is 0 Å². The maximum absolute atomic E-state index is 13.5. The van der Waals surface area contributed by atoms with Crippen LogP contribution in [-0.4, -0.2) is 43.0 Å². The van der Waals surface area contributed by atoms with Crippen LogP contribution in [-0.2, 0) is 4.79 Å². The van der Waals surface area contributed by atoms with Gasteiger partial charge in [-0.1, -0.05) is 6.07 Å². The molecule has 2 saturated heterocycles. The van der Waals surface area contributed by atoms with Crippen molar-refractivity contribution in [3.63, 3.8) is 0 Å². The van der Waals surface area contributed by atoms with E-state index in [9.17, 15) is 9.18 Å². The van der Waals surface area contributed by atoms with E-state index in [1.165, 1.54) is 18.9 Å². The van der Waals surface area contributed by atoms with E-state index >= 15 is 0 Å². The average Bonchev–Trinajstić information content (AvgIpc) is 2.51. The summed E-state index contributed by atoms with van der Waals surface area (Å²) in [5.41, 5.74) is 1.12. The summed E-state index contributed by atoms with van der Waals surface area (Å²) in [6.07, 6.45) is 3.58. The molecule has 1 amide bonds. The first-order valence-corrected chi connectivity index (χ1v) is 8.13. The monoisotopic (exact) mass is 377 g/mol. The second kappa shape index (κ2) is 9.56. The molecule has 2 aliphatic rings. The Kier molecular flexibility index (Phi) is 8.43. The number of rotatable bonds is 3. The van der Waals surface area contributed by atoms with Gasteiger partial charge < -0.3 is 10.6 Å². The molecule has 0 radical (unpaired) electrons. The van der Waals surface area contributed by atoms with E-state index in [-0.39, 0.29) is 36.5 Å². The normalized spacial score (nSPS) is 23.4. The summed E-state index contributed by atoms with van der Waals surface area (Å²) >= 11 is 0. The minimum atomic E-state index is -0.285. The number of halogens is 3. The Morgan fingerprint density at radius 3 is 2.92 bits per heavy atom. The Bertz CT molecular complexity index is 559. The van der Waals surface area contributed by atoms with Crippen molar-refractivity contribution in [2.45, 2.75) is 32.2 Å². The number of nitrogens with zero attached hydrogens (tertiary/aromatic N) is 1. The molecule has 7 heteroatoms. The lowest BCUT2D eigenvalue weighted by atomic mass is 9.85. The molecule has 24 heavy (non-hydrogen) atoms. The third-order valence-electron chi connectivity index (χ3n) is 4.80. The highest BCUT2D eigenvalue weighted by atomic mass is 35.5. The molecule has 2 aliphatic heterocycles. The van der Waals surface area contributed by atoms with Crippen molar-refractivity contribution in [3.8, 4) is 0 Å². The highest BCUT2D eigenvalue weighted by Crippen LogP contribution is 2.24. The Morgan fingerprint density at radius 1 is 1.38 bits per heavy atom. The number of piperidine rings is 2. The third-order valence-corrected chi connectivity index (χ3v) is 4.80. The number of likely N-dealkylation sites (tertiary alicyclic amines) is 1. The SMILES string of the molecule is Cc1ccc(NC(=O)CN2CC[C@@H]3NCCC[C@@H]3C2)cc1F.Cl.Cl. The van der Waals surface area contributed by atoms with E-state index in [1.807, 2.05) is 0 Å². The zero-order valence-electron chi connectivity index (χ0n) is 13.9. The van der Waals surface area contributed by atoms with Crippen molar-refractivity contribution in [2.24, 2.45) is 5.92 Å².